The van der Waals surface area contributed by atoms with Gasteiger partial charge >= 0.3 is 0 Å². The summed E-state index contributed by atoms with van der Waals surface area (Å²) in [6.07, 6.45) is 6.13. The molecule has 2 aromatic carbocycles. The Morgan fingerprint density at radius 3 is 2.75 bits per heavy atom. The zero-order chi connectivity index (χ0) is 19.3. The Kier molecular flexibility index (Phi) is 5.41. The molecule has 0 bridgehead atoms. The molecule has 0 fully saturated rings. The summed E-state index contributed by atoms with van der Waals surface area (Å²) in [7, 11) is 0. The average Bonchev–Trinajstić information content (AvgIpc) is 2.96. The molecule has 4 rings (SSSR count). The van der Waals surface area contributed by atoms with Crippen LogP contribution in [0.2, 0.25) is 5.02 Å². The van der Waals surface area contributed by atoms with Crippen molar-refractivity contribution in [1.29, 1.82) is 5.26 Å². The van der Waals surface area contributed by atoms with Gasteiger partial charge in [-0.25, -0.2) is 0 Å². The van der Waals surface area contributed by atoms with Gasteiger partial charge in [0.05, 0.1) is 5.57 Å². The fraction of sp³-hybridized carbons (Fsp3) is 0.227. The molecule has 3 aromatic rings. The van der Waals surface area contributed by atoms with Crippen LogP contribution in [0.3, 0.4) is 0 Å². The Morgan fingerprint density at radius 1 is 1.07 bits per heavy atom. The number of hydrogen-bond acceptors (Lipinski definition) is 4. The first-order chi connectivity index (χ1) is 13.7. The van der Waals surface area contributed by atoms with Crippen LogP contribution < -0.4 is 4.74 Å². The molecule has 1 aliphatic heterocycles. The van der Waals surface area contributed by atoms with Crippen molar-refractivity contribution in [2.75, 3.05) is 0 Å². The van der Waals surface area contributed by atoms with Crippen molar-refractivity contribution in [3.63, 3.8) is 0 Å². The van der Waals surface area contributed by atoms with Gasteiger partial charge < -0.3 is 9.30 Å². The molecule has 0 aliphatic carbocycles. The van der Waals surface area contributed by atoms with Crippen LogP contribution in [0.4, 0.5) is 0 Å². The maximum Gasteiger partial charge on any atom is 0.174 e. The molecule has 2 heterocycles. The van der Waals surface area contributed by atoms with E-state index in [9.17, 15) is 5.26 Å². The van der Waals surface area contributed by atoms with Crippen LogP contribution in [0.25, 0.3) is 11.6 Å². The van der Waals surface area contributed by atoms with Crippen LogP contribution in [0.5, 0.6) is 11.5 Å². The largest absolute Gasteiger partial charge is 0.457 e. The zero-order valence-corrected chi connectivity index (χ0v) is 16.1. The number of halogens is 1. The minimum atomic E-state index is 0.504. The maximum atomic E-state index is 9.72. The Hall–Kier alpha value is -3.10. The molecule has 0 saturated heterocycles. The van der Waals surface area contributed by atoms with E-state index in [0.29, 0.717) is 27.9 Å². The second-order valence-corrected chi connectivity index (χ2v) is 7.14. The summed E-state index contributed by atoms with van der Waals surface area (Å²) in [4.78, 5) is 0. The van der Waals surface area contributed by atoms with Crippen molar-refractivity contribution in [2.45, 2.75) is 32.2 Å². The highest BCUT2D eigenvalue weighted by atomic mass is 35.5. The molecule has 0 spiro atoms. The fourth-order valence-electron chi connectivity index (χ4n) is 3.30. The number of benzene rings is 2. The lowest BCUT2D eigenvalue weighted by Crippen LogP contribution is -2.05. The van der Waals surface area contributed by atoms with Crippen LogP contribution >= 0.6 is 11.6 Å². The number of nitrogens with zero attached hydrogens (tertiary/aromatic N) is 4. The SMILES string of the molecule is N#C/C(=C\c1cccc(Oc2ccc(Cl)cc2)c1)c1nnc2n1CCCCC2. The van der Waals surface area contributed by atoms with Gasteiger partial charge in [-0.1, -0.05) is 30.2 Å². The van der Waals surface area contributed by atoms with E-state index in [-0.39, 0.29) is 0 Å². The van der Waals surface area contributed by atoms with E-state index in [4.69, 9.17) is 16.3 Å². The van der Waals surface area contributed by atoms with Crippen molar-refractivity contribution in [2.24, 2.45) is 0 Å². The van der Waals surface area contributed by atoms with E-state index in [1.807, 2.05) is 42.5 Å². The average molecular weight is 391 g/mol. The third-order valence-electron chi connectivity index (χ3n) is 4.69. The first kappa shape index (κ1) is 18.3. The van der Waals surface area contributed by atoms with Crippen LogP contribution in [-0.2, 0) is 13.0 Å². The second-order valence-electron chi connectivity index (χ2n) is 6.70. The van der Waals surface area contributed by atoms with E-state index in [2.05, 4.69) is 20.8 Å². The molecule has 0 unspecified atom stereocenters. The predicted octanol–water partition coefficient (Wildman–Crippen LogP) is 5.51. The zero-order valence-electron chi connectivity index (χ0n) is 15.3. The highest BCUT2D eigenvalue weighted by Crippen LogP contribution is 2.26. The molecular formula is C22H19ClN4O. The lowest BCUT2D eigenvalue weighted by molar-refractivity contribution is 0.482. The summed E-state index contributed by atoms with van der Waals surface area (Å²) in [6.45, 7) is 0.858. The highest BCUT2D eigenvalue weighted by molar-refractivity contribution is 6.30. The highest BCUT2D eigenvalue weighted by Gasteiger charge is 2.17. The van der Waals surface area contributed by atoms with E-state index in [1.165, 1.54) is 6.42 Å². The van der Waals surface area contributed by atoms with Crippen molar-refractivity contribution < 1.29 is 4.74 Å². The number of aromatic nitrogens is 3. The first-order valence-corrected chi connectivity index (χ1v) is 9.68. The number of hydrogen-bond donors (Lipinski definition) is 0. The van der Waals surface area contributed by atoms with Crippen LogP contribution in [0, 0.1) is 11.3 Å². The van der Waals surface area contributed by atoms with Gasteiger partial charge in [-0.05, 0) is 60.9 Å². The molecule has 1 aliphatic rings. The van der Waals surface area contributed by atoms with E-state index in [1.54, 1.807) is 12.1 Å². The molecule has 28 heavy (non-hydrogen) atoms. The van der Waals surface area contributed by atoms with Crippen molar-refractivity contribution in [3.8, 4) is 17.6 Å². The third kappa shape index (κ3) is 4.08. The molecule has 0 amide bonds. The molecule has 5 nitrogen and oxygen atoms in total. The lowest BCUT2D eigenvalue weighted by atomic mass is 10.1. The molecule has 1 aromatic heterocycles. The smallest absolute Gasteiger partial charge is 0.174 e. The third-order valence-corrected chi connectivity index (χ3v) is 4.94. The summed E-state index contributed by atoms with van der Waals surface area (Å²) in [6, 6.07) is 17.1. The van der Waals surface area contributed by atoms with E-state index in [0.717, 1.165) is 37.2 Å². The van der Waals surface area contributed by atoms with Crippen LogP contribution in [-0.4, -0.2) is 14.8 Å². The number of nitriles is 1. The molecule has 6 heteroatoms. The standard InChI is InChI=1S/C22H19ClN4O/c23-18-8-10-19(11-9-18)28-20-6-4-5-16(14-20)13-17(15-24)22-26-25-21-7-2-1-3-12-27(21)22/h4-6,8-11,13-14H,1-3,7,12H2/b17-13+. The Labute approximate surface area is 168 Å². The van der Waals surface area contributed by atoms with Gasteiger partial charge in [-0.2, -0.15) is 5.26 Å². The molecule has 0 radical (unpaired) electrons. The number of fused-ring (bicyclic) bond motifs is 1. The quantitative estimate of drug-likeness (QED) is 0.550. The number of aryl methyl sites for hydroxylation is 1. The molecule has 0 saturated carbocycles. The fourth-order valence-corrected chi connectivity index (χ4v) is 3.43. The van der Waals surface area contributed by atoms with Gasteiger partial charge in [0.2, 0.25) is 0 Å². The van der Waals surface area contributed by atoms with Gasteiger partial charge in [0, 0.05) is 18.0 Å². The van der Waals surface area contributed by atoms with Gasteiger partial charge in [-0.3, -0.25) is 0 Å². The van der Waals surface area contributed by atoms with Crippen LogP contribution in [0.1, 0.15) is 36.5 Å². The molecule has 0 atom stereocenters. The molecule has 140 valence electrons. The van der Waals surface area contributed by atoms with E-state index < -0.39 is 0 Å². The number of rotatable bonds is 4. The minimum absolute atomic E-state index is 0.504. The summed E-state index contributed by atoms with van der Waals surface area (Å²) < 4.78 is 7.96. The Balaban J connectivity index is 1.61. The summed E-state index contributed by atoms with van der Waals surface area (Å²) >= 11 is 5.92. The number of ether oxygens (including phenoxy) is 1. The summed E-state index contributed by atoms with van der Waals surface area (Å²) in [5, 5.41) is 19.0. The lowest BCUT2D eigenvalue weighted by Gasteiger charge is -2.08. The Bertz CT molecular complexity index is 1050. The minimum Gasteiger partial charge on any atom is -0.457 e. The van der Waals surface area contributed by atoms with Crippen molar-refractivity contribution >= 4 is 23.3 Å². The van der Waals surface area contributed by atoms with Gasteiger partial charge in [0.1, 0.15) is 23.4 Å². The van der Waals surface area contributed by atoms with Crippen molar-refractivity contribution in [3.05, 3.63) is 70.8 Å². The Morgan fingerprint density at radius 2 is 1.93 bits per heavy atom. The molecule has 0 N–H and O–H groups in total. The predicted molar refractivity (Wildman–Crippen MR) is 109 cm³/mol. The monoisotopic (exact) mass is 390 g/mol. The van der Waals surface area contributed by atoms with Gasteiger partial charge in [0.25, 0.3) is 0 Å². The number of allylic oxidation sites excluding steroid dienone is 1. The van der Waals surface area contributed by atoms with Gasteiger partial charge in [0.15, 0.2) is 5.82 Å². The topological polar surface area (TPSA) is 63.7 Å². The molecular weight excluding hydrogens is 372 g/mol. The normalized spacial score (nSPS) is 14.1. The van der Waals surface area contributed by atoms with E-state index >= 15 is 0 Å². The summed E-state index contributed by atoms with van der Waals surface area (Å²) in [5.74, 6) is 3.00. The van der Waals surface area contributed by atoms with Crippen LogP contribution in [0.15, 0.2) is 48.5 Å². The maximum absolute atomic E-state index is 9.72. The second kappa shape index (κ2) is 8.28. The summed E-state index contributed by atoms with van der Waals surface area (Å²) in [5.41, 5.74) is 1.37. The first-order valence-electron chi connectivity index (χ1n) is 9.31. The van der Waals surface area contributed by atoms with Gasteiger partial charge in [-0.15, -0.1) is 10.2 Å². The van der Waals surface area contributed by atoms with Crippen molar-refractivity contribution in [1.82, 2.24) is 14.8 Å².